The van der Waals surface area contributed by atoms with E-state index in [9.17, 15) is 4.79 Å². The highest BCUT2D eigenvalue weighted by atomic mass is 32.2. The second-order valence-corrected chi connectivity index (χ2v) is 4.75. The number of aliphatic carboxylic acids is 1. The average molecular weight is 264 g/mol. The molecule has 0 fully saturated rings. The van der Waals surface area contributed by atoms with Crippen LogP contribution in [0.25, 0.3) is 5.69 Å². The number of hydrogen-bond donors (Lipinski definition) is 1. The summed E-state index contributed by atoms with van der Waals surface area (Å²) in [4.78, 5) is 10.7. The van der Waals surface area contributed by atoms with E-state index >= 15 is 0 Å². The maximum atomic E-state index is 10.7. The molecule has 1 N–H and O–H groups in total. The van der Waals surface area contributed by atoms with Crippen molar-refractivity contribution in [2.75, 3.05) is 5.75 Å². The fourth-order valence-corrected chi connectivity index (χ4v) is 2.17. The van der Waals surface area contributed by atoms with E-state index in [4.69, 9.17) is 5.11 Å². The molecular formula is C11H12N4O2S. The number of carboxylic acids is 1. The van der Waals surface area contributed by atoms with Crippen molar-refractivity contribution in [2.24, 2.45) is 5.92 Å². The van der Waals surface area contributed by atoms with Crippen molar-refractivity contribution in [3.05, 3.63) is 30.3 Å². The van der Waals surface area contributed by atoms with Gasteiger partial charge in [-0.15, -0.1) is 5.10 Å². The van der Waals surface area contributed by atoms with Crippen LogP contribution in [0.5, 0.6) is 0 Å². The van der Waals surface area contributed by atoms with E-state index in [-0.39, 0.29) is 0 Å². The molecule has 0 aliphatic heterocycles. The molecule has 0 spiro atoms. The topological polar surface area (TPSA) is 80.9 Å². The number of thioether (sulfide) groups is 1. The fraction of sp³-hybridized carbons (Fsp3) is 0.273. The highest BCUT2D eigenvalue weighted by molar-refractivity contribution is 7.99. The van der Waals surface area contributed by atoms with Crippen molar-refractivity contribution < 1.29 is 9.90 Å². The van der Waals surface area contributed by atoms with E-state index in [0.29, 0.717) is 10.9 Å². The third kappa shape index (κ3) is 2.86. The van der Waals surface area contributed by atoms with Crippen LogP contribution >= 0.6 is 11.8 Å². The molecule has 0 saturated carbocycles. The number of tetrazole rings is 1. The number of rotatable bonds is 5. The van der Waals surface area contributed by atoms with Crippen molar-refractivity contribution in [1.29, 1.82) is 0 Å². The predicted molar refractivity (Wildman–Crippen MR) is 66.7 cm³/mol. The number of benzene rings is 1. The molecule has 1 aromatic carbocycles. The Bertz CT molecular complexity index is 529. The Hall–Kier alpha value is -1.89. The average Bonchev–Trinajstić information content (AvgIpc) is 2.85. The Kier molecular flexibility index (Phi) is 3.93. The molecule has 2 aromatic rings. The summed E-state index contributed by atoms with van der Waals surface area (Å²) in [6, 6.07) is 9.48. The van der Waals surface area contributed by atoms with Crippen molar-refractivity contribution in [2.45, 2.75) is 12.1 Å². The van der Waals surface area contributed by atoms with Crippen molar-refractivity contribution >= 4 is 17.7 Å². The monoisotopic (exact) mass is 264 g/mol. The number of aromatic nitrogens is 4. The van der Waals surface area contributed by atoms with E-state index in [1.54, 1.807) is 11.6 Å². The minimum atomic E-state index is -0.818. The van der Waals surface area contributed by atoms with E-state index in [1.165, 1.54) is 11.8 Å². The van der Waals surface area contributed by atoms with E-state index < -0.39 is 11.9 Å². The van der Waals surface area contributed by atoms with Gasteiger partial charge >= 0.3 is 5.97 Å². The zero-order valence-corrected chi connectivity index (χ0v) is 10.5. The van der Waals surface area contributed by atoms with Crippen LogP contribution in [0.15, 0.2) is 35.5 Å². The first-order valence-corrected chi connectivity index (χ1v) is 6.36. The van der Waals surface area contributed by atoms with Gasteiger partial charge in [-0.1, -0.05) is 36.9 Å². The zero-order valence-electron chi connectivity index (χ0n) is 9.72. The summed E-state index contributed by atoms with van der Waals surface area (Å²) >= 11 is 1.33. The molecule has 1 atom stereocenters. The molecule has 18 heavy (non-hydrogen) atoms. The second-order valence-electron chi connectivity index (χ2n) is 3.76. The molecule has 0 amide bonds. The zero-order chi connectivity index (χ0) is 13.0. The molecular weight excluding hydrogens is 252 g/mol. The number of nitrogens with zero attached hydrogens (tertiary/aromatic N) is 4. The molecule has 0 bridgehead atoms. The van der Waals surface area contributed by atoms with Gasteiger partial charge in [-0.05, 0) is 22.6 Å². The normalized spacial score (nSPS) is 12.3. The summed E-state index contributed by atoms with van der Waals surface area (Å²) in [5.41, 5.74) is 0.855. The van der Waals surface area contributed by atoms with E-state index in [2.05, 4.69) is 15.5 Å². The van der Waals surface area contributed by atoms with Crippen LogP contribution in [0.3, 0.4) is 0 Å². The molecule has 1 aromatic heterocycles. The molecule has 1 unspecified atom stereocenters. The molecule has 7 heteroatoms. The summed E-state index contributed by atoms with van der Waals surface area (Å²) < 4.78 is 1.60. The Labute approximate surface area is 108 Å². The van der Waals surface area contributed by atoms with Crippen LogP contribution in [0.4, 0.5) is 0 Å². The molecule has 0 aliphatic rings. The highest BCUT2D eigenvalue weighted by Crippen LogP contribution is 2.20. The Morgan fingerprint density at radius 3 is 2.83 bits per heavy atom. The van der Waals surface area contributed by atoms with Crippen molar-refractivity contribution in [1.82, 2.24) is 20.2 Å². The molecule has 2 rings (SSSR count). The van der Waals surface area contributed by atoms with Gasteiger partial charge in [0.2, 0.25) is 5.16 Å². The summed E-state index contributed by atoms with van der Waals surface area (Å²) in [5, 5.41) is 20.8. The quantitative estimate of drug-likeness (QED) is 0.824. The number of carboxylic acid groups (broad SMARTS) is 1. The molecule has 6 nitrogen and oxygen atoms in total. The van der Waals surface area contributed by atoms with Crippen LogP contribution in [0, 0.1) is 5.92 Å². The lowest BCUT2D eigenvalue weighted by Crippen LogP contribution is -2.12. The Balaban J connectivity index is 2.12. The van der Waals surface area contributed by atoms with Gasteiger partial charge in [0.1, 0.15) is 0 Å². The fourth-order valence-electron chi connectivity index (χ4n) is 1.27. The molecule has 0 radical (unpaired) electrons. The van der Waals surface area contributed by atoms with Gasteiger partial charge in [-0.25, -0.2) is 0 Å². The van der Waals surface area contributed by atoms with E-state index in [0.717, 1.165) is 5.69 Å². The first kappa shape index (κ1) is 12.6. The lowest BCUT2D eigenvalue weighted by molar-refractivity contribution is -0.140. The summed E-state index contributed by atoms with van der Waals surface area (Å²) in [7, 11) is 0. The van der Waals surface area contributed by atoms with Crippen molar-refractivity contribution in [3.63, 3.8) is 0 Å². The van der Waals surface area contributed by atoms with Gasteiger partial charge < -0.3 is 5.11 Å². The van der Waals surface area contributed by atoms with Crippen LogP contribution in [0.2, 0.25) is 0 Å². The van der Waals surface area contributed by atoms with Gasteiger partial charge in [-0.3, -0.25) is 4.79 Å². The highest BCUT2D eigenvalue weighted by Gasteiger charge is 2.15. The Morgan fingerprint density at radius 1 is 1.44 bits per heavy atom. The molecule has 0 saturated heterocycles. The second kappa shape index (κ2) is 5.63. The van der Waals surface area contributed by atoms with Gasteiger partial charge in [0, 0.05) is 5.75 Å². The molecule has 0 aliphatic carbocycles. The summed E-state index contributed by atoms with van der Waals surface area (Å²) in [5.74, 6) is -0.820. The SMILES string of the molecule is CC(CSc1nnnn1-c1ccccc1)C(=O)O. The van der Waals surface area contributed by atoms with Crippen LogP contribution < -0.4 is 0 Å². The summed E-state index contributed by atoms with van der Waals surface area (Å²) in [6.07, 6.45) is 0. The smallest absolute Gasteiger partial charge is 0.307 e. The standard InChI is InChI=1S/C11H12N4O2S/c1-8(10(16)17)7-18-11-12-13-14-15(11)9-5-3-2-4-6-9/h2-6,8H,7H2,1H3,(H,16,17). The van der Waals surface area contributed by atoms with Gasteiger partial charge in [0.25, 0.3) is 0 Å². The minimum Gasteiger partial charge on any atom is -0.481 e. The Morgan fingerprint density at radius 2 is 2.17 bits per heavy atom. The minimum absolute atomic E-state index is 0.433. The number of hydrogen-bond acceptors (Lipinski definition) is 5. The van der Waals surface area contributed by atoms with Gasteiger partial charge in [0.05, 0.1) is 11.6 Å². The summed E-state index contributed by atoms with van der Waals surface area (Å²) in [6.45, 7) is 1.66. The predicted octanol–water partition coefficient (Wildman–Crippen LogP) is 1.48. The van der Waals surface area contributed by atoms with Crippen LogP contribution in [-0.4, -0.2) is 37.0 Å². The number of para-hydroxylation sites is 1. The number of carbonyl (C=O) groups is 1. The maximum Gasteiger partial charge on any atom is 0.307 e. The van der Waals surface area contributed by atoms with E-state index in [1.807, 2.05) is 30.3 Å². The third-order valence-electron chi connectivity index (χ3n) is 2.33. The third-order valence-corrected chi connectivity index (χ3v) is 3.51. The maximum absolute atomic E-state index is 10.7. The van der Waals surface area contributed by atoms with Crippen LogP contribution in [-0.2, 0) is 4.79 Å². The lowest BCUT2D eigenvalue weighted by atomic mass is 10.2. The molecule has 94 valence electrons. The largest absolute Gasteiger partial charge is 0.481 e. The lowest BCUT2D eigenvalue weighted by Gasteiger charge is -2.06. The van der Waals surface area contributed by atoms with Crippen LogP contribution in [0.1, 0.15) is 6.92 Å². The van der Waals surface area contributed by atoms with Crippen molar-refractivity contribution in [3.8, 4) is 5.69 Å². The molecule has 1 heterocycles. The first-order valence-electron chi connectivity index (χ1n) is 5.38. The van der Waals surface area contributed by atoms with Gasteiger partial charge in [-0.2, -0.15) is 4.68 Å². The van der Waals surface area contributed by atoms with Gasteiger partial charge in [0.15, 0.2) is 0 Å². The first-order chi connectivity index (χ1) is 8.68.